The zero-order valence-electron chi connectivity index (χ0n) is 12.7. The van der Waals surface area contributed by atoms with Gasteiger partial charge in [0.1, 0.15) is 12.4 Å². The Balaban J connectivity index is 2.70. The summed E-state index contributed by atoms with van der Waals surface area (Å²) in [5.41, 5.74) is 0. The van der Waals surface area contributed by atoms with Crippen molar-refractivity contribution in [3.05, 3.63) is 24.3 Å². The maximum Gasteiger partial charge on any atom is 0.242 e. The fourth-order valence-corrected chi connectivity index (χ4v) is 2.81. The summed E-state index contributed by atoms with van der Waals surface area (Å²) in [6.07, 6.45) is -0.132. The fraction of sp³-hybridized carbons (Fsp3) is 0.571. The van der Waals surface area contributed by atoms with Gasteiger partial charge in [-0.15, -0.1) is 0 Å². The minimum absolute atomic E-state index is 0.203. The van der Waals surface area contributed by atoms with E-state index < -0.39 is 16.1 Å². The smallest absolute Gasteiger partial charge is 0.242 e. The van der Waals surface area contributed by atoms with E-state index in [1.165, 1.54) is 23.5 Å². The van der Waals surface area contributed by atoms with E-state index in [0.29, 0.717) is 25.4 Å². The monoisotopic (exact) mass is 317 g/mol. The van der Waals surface area contributed by atoms with Crippen molar-refractivity contribution < 1.29 is 23.0 Å². The molecule has 0 radical (unpaired) electrons. The summed E-state index contributed by atoms with van der Waals surface area (Å²) in [6, 6.07) is 6.25. The number of hydrogen-bond acceptors (Lipinski definition) is 5. The second-order valence-electron chi connectivity index (χ2n) is 4.78. The van der Waals surface area contributed by atoms with Gasteiger partial charge < -0.3 is 14.6 Å². The highest BCUT2D eigenvalue weighted by Crippen LogP contribution is 2.19. The highest BCUT2D eigenvalue weighted by Gasteiger charge is 2.20. The van der Waals surface area contributed by atoms with Crippen molar-refractivity contribution in [2.45, 2.75) is 24.3 Å². The van der Waals surface area contributed by atoms with Crippen LogP contribution in [0.3, 0.4) is 0 Å². The number of rotatable bonds is 9. The minimum atomic E-state index is -3.53. The van der Waals surface area contributed by atoms with Crippen molar-refractivity contribution in [3.63, 3.8) is 0 Å². The molecule has 0 heterocycles. The third-order valence-corrected chi connectivity index (χ3v) is 4.82. The predicted molar refractivity (Wildman–Crippen MR) is 79.9 cm³/mol. The second kappa shape index (κ2) is 8.33. The molecule has 1 atom stereocenters. The molecule has 0 fully saturated rings. The van der Waals surface area contributed by atoms with Gasteiger partial charge in [0, 0.05) is 20.7 Å². The van der Waals surface area contributed by atoms with Crippen LogP contribution >= 0.6 is 0 Å². The molecule has 1 N–H and O–H groups in total. The van der Waals surface area contributed by atoms with Crippen LogP contribution in [0.4, 0.5) is 0 Å². The van der Waals surface area contributed by atoms with Crippen molar-refractivity contribution in [3.8, 4) is 5.75 Å². The van der Waals surface area contributed by atoms with Crippen LogP contribution in [0.15, 0.2) is 29.2 Å². The molecule has 0 aliphatic heterocycles. The summed E-state index contributed by atoms with van der Waals surface area (Å²) in [4.78, 5) is 0.203. The highest BCUT2D eigenvalue weighted by molar-refractivity contribution is 7.89. The topological polar surface area (TPSA) is 76.1 Å². The molecule has 0 aliphatic rings. The van der Waals surface area contributed by atoms with Gasteiger partial charge in [0.2, 0.25) is 10.0 Å². The van der Waals surface area contributed by atoms with Crippen molar-refractivity contribution in [1.29, 1.82) is 0 Å². The van der Waals surface area contributed by atoms with Crippen molar-refractivity contribution >= 4 is 10.0 Å². The standard InChI is InChI=1S/C14H23NO5S/c1-12(16)8-9-15(2)21(17,18)14-6-4-13(5-7-14)20-11-10-19-3/h4-7,12,16H,8-11H2,1-3H3. The molecule has 0 saturated heterocycles. The Labute approximate surface area is 126 Å². The highest BCUT2D eigenvalue weighted by atomic mass is 32.2. The number of ether oxygens (including phenoxy) is 2. The first kappa shape index (κ1) is 17.9. The number of benzene rings is 1. The zero-order valence-corrected chi connectivity index (χ0v) is 13.5. The lowest BCUT2D eigenvalue weighted by molar-refractivity contribution is 0.146. The van der Waals surface area contributed by atoms with Crippen LogP contribution in [0.1, 0.15) is 13.3 Å². The number of aliphatic hydroxyl groups excluding tert-OH is 1. The van der Waals surface area contributed by atoms with Crippen LogP contribution in [0.5, 0.6) is 5.75 Å². The summed E-state index contributed by atoms with van der Waals surface area (Å²) in [7, 11) is -0.448. The van der Waals surface area contributed by atoms with Gasteiger partial charge in [0.25, 0.3) is 0 Å². The number of methoxy groups -OCH3 is 1. The van der Waals surface area contributed by atoms with Crippen LogP contribution in [0, 0.1) is 0 Å². The molecule has 1 unspecified atom stereocenters. The minimum Gasteiger partial charge on any atom is -0.491 e. The molecule has 0 aliphatic carbocycles. The third-order valence-electron chi connectivity index (χ3n) is 2.95. The van der Waals surface area contributed by atoms with Gasteiger partial charge >= 0.3 is 0 Å². The molecule has 0 spiro atoms. The van der Waals surface area contributed by atoms with Gasteiger partial charge in [-0.3, -0.25) is 0 Å². The lowest BCUT2D eigenvalue weighted by atomic mass is 10.3. The summed E-state index contributed by atoms with van der Waals surface area (Å²) in [5.74, 6) is 0.595. The maximum atomic E-state index is 12.3. The first-order valence-electron chi connectivity index (χ1n) is 6.74. The van der Waals surface area contributed by atoms with Crippen LogP contribution in [-0.4, -0.2) is 57.8 Å². The summed E-state index contributed by atoms with van der Waals surface area (Å²) in [5, 5.41) is 9.23. The van der Waals surface area contributed by atoms with E-state index in [9.17, 15) is 13.5 Å². The van der Waals surface area contributed by atoms with Crippen LogP contribution < -0.4 is 4.74 Å². The lowest BCUT2D eigenvalue weighted by Gasteiger charge is -2.18. The van der Waals surface area contributed by atoms with Crippen LogP contribution in [-0.2, 0) is 14.8 Å². The van der Waals surface area contributed by atoms with E-state index in [-0.39, 0.29) is 11.4 Å². The van der Waals surface area contributed by atoms with Gasteiger partial charge in [0.15, 0.2) is 0 Å². The first-order valence-corrected chi connectivity index (χ1v) is 8.18. The molecule has 0 bridgehead atoms. The Bertz CT molecular complexity index is 513. The zero-order chi connectivity index (χ0) is 15.9. The average Bonchev–Trinajstić information content (AvgIpc) is 2.45. The molecular formula is C14H23NO5S. The summed E-state index contributed by atoms with van der Waals surface area (Å²) < 4.78 is 36.1. The Morgan fingerprint density at radius 1 is 1.24 bits per heavy atom. The molecule has 0 amide bonds. The van der Waals surface area contributed by atoms with E-state index in [4.69, 9.17) is 9.47 Å². The molecule has 120 valence electrons. The first-order chi connectivity index (χ1) is 9.87. The molecule has 1 rings (SSSR count). The molecule has 6 nitrogen and oxygen atoms in total. The van der Waals surface area contributed by atoms with E-state index >= 15 is 0 Å². The Kier molecular flexibility index (Phi) is 7.10. The summed E-state index contributed by atoms with van der Waals surface area (Å²) in [6.45, 7) is 2.79. The molecular weight excluding hydrogens is 294 g/mol. The Morgan fingerprint density at radius 3 is 2.38 bits per heavy atom. The average molecular weight is 317 g/mol. The van der Waals surface area contributed by atoms with E-state index in [1.807, 2.05) is 0 Å². The fourth-order valence-electron chi connectivity index (χ4n) is 1.62. The maximum absolute atomic E-state index is 12.3. The SMILES string of the molecule is COCCOc1ccc(S(=O)(=O)N(C)CCC(C)O)cc1. The molecule has 1 aromatic rings. The normalized spacial score (nSPS) is 13.4. The third kappa shape index (κ3) is 5.62. The Hall–Kier alpha value is -1.15. The van der Waals surface area contributed by atoms with Gasteiger partial charge in [0.05, 0.1) is 17.6 Å². The van der Waals surface area contributed by atoms with E-state index in [0.717, 1.165) is 0 Å². The second-order valence-corrected chi connectivity index (χ2v) is 6.82. The molecule has 7 heteroatoms. The van der Waals surface area contributed by atoms with Gasteiger partial charge in [-0.2, -0.15) is 0 Å². The molecule has 1 aromatic carbocycles. The molecule has 0 aromatic heterocycles. The molecule has 21 heavy (non-hydrogen) atoms. The summed E-state index contributed by atoms with van der Waals surface area (Å²) >= 11 is 0. The van der Waals surface area contributed by atoms with Crippen molar-refractivity contribution in [2.75, 3.05) is 33.9 Å². The van der Waals surface area contributed by atoms with E-state index in [2.05, 4.69) is 0 Å². The number of sulfonamides is 1. The number of nitrogens with zero attached hydrogens (tertiary/aromatic N) is 1. The van der Waals surface area contributed by atoms with Gasteiger partial charge in [-0.1, -0.05) is 0 Å². The van der Waals surface area contributed by atoms with Crippen LogP contribution in [0.25, 0.3) is 0 Å². The number of aliphatic hydroxyl groups is 1. The largest absolute Gasteiger partial charge is 0.491 e. The molecule has 0 saturated carbocycles. The van der Waals surface area contributed by atoms with Crippen molar-refractivity contribution in [2.24, 2.45) is 0 Å². The Morgan fingerprint density at radius 2 is 1.86 bits per heavy atom. The van der Waals surface area contributed by atoms with Crippen LogP contribution in [0.2, 0.25) is 0 Å². The van der Waals surface area contributed by atoms with Crippen molar-refractivity contribution in [1.82, 2.24) is 4.31 Å². The number of hydrogen-bond donors (Lipinski definition) is 1. The van der Waals surface area contributed by atoms with Gasteiger partial charge in [-0.05, 0) is 37.6 Å². The lowest BCUT2D eigenvalue weighted by Crippen LogP contribution is -2.29. The quantitative estimate of drug-likeness (QED) is 0.690. The van der Waals surface area contributed by atoms with E-state index in [1.54, 1.807) is 26.2 Å². The van der Waals surface area contributed by atoms with Gasteiger partial charge in [-0.25, -0.2) is 12.7 Å². The predicted octanol–water partition coefficient (Wildman–Crippen LogP) is 1.10.